The summed E-state index contributed by atoms with van der Waals surface area (Å²) in [5.74, 6) is -1.07. The average molecular weight is 244 g/mol. The lowest BCUT2D eigenvalue weighted by atomic mass is 10.2. The summed E-state index contributed by atoms with van der Waals surface area (Å²) in [7, 11) is 0. The zero-order valence-electron chi connectivity index (χ0n) is 9.01. The van der Waals surface area contributed by atoms with Crippen molar-refractivity contribution in [2.75, 3.05) is 5.32 Å². The number of hydrogen-bond donors (Lipinski definition) is 4. The molecule has 1 amide bonds. The highest BCUT2D eigenvalue weighted by atomic mass is 16.3. The van der Waals surface area contributed by atoms with Gasteiger partial charge in [-0.3, -0.25) is 9.89 Å². The number of rotatable bonds is 2. The zero-order valence-corrected chi connectivity index (χ0v) is 9.01. The minimum absolute atomic E-state index is 0.142. The van der Waals surface area contributed by atoms with Crippen LogP contribution in [0.5, 0.6) is 11.5 Å². The second-order valence-corrected chi connectivity index (χ2v) is 3.43. The van der Waals surface area contributed by atoms with Crippen LogP contribution in [0.1, 0.15) is 15.9 Å². The van der Waals surface area contributed by atoms with Crippen molar-refractivity contribution >= 4 is 11.7 Å². The number of nitriles is 1. The molecular weight excluding hydrogens is 236 g/mol. The van der Waals surface area contributed by atoms with Gasteiger partial charge in [-0.15, -0.1) is 0 Å². The Morgan fingerprint density at radius 1 is 1.39 bits per heavy atom. The Hall–Kier alpha value is -3.01. The largest absolute Gasteiger partial charge is 0.504 e. The summed E-state index contributed by atoms with van der Waals surface area (Å²) in [6, 6.07) is 5.51. The molecule has 7 heteroatoms. The van der Waals surface area contributed by atoms with Crippen LogP contribution in [0, 0.1) is 11.3 Å². The summed E-state index contributed by atoms with van der Waals surface area (Å²) in [4.78, 5) is 11.8. The number of H-pyrrole nitrogens is 1. The summed E-state index contributed by atoms with van der Waals surface area (Å²) in [6.07, 6.45) is 1.28. The maximum absolute atomic E-state index is 11.8. The fraction of sp³-hybridized carbons (Fsp3) is 0. The van der Waals surface area contributed by atoms with Crippen molar-refractivity contribution in [3.8, 4) is 17.6 Å². The third kappa shape index (κ3) is 2.08. The first-order valence-electron chi connectivity index (χ1n) is 4.88. The molecule has 0 atom stereocenters. The number of aromatic hydroxyl groups is 2. The topological polar surface area (TPSA) is 122 Å². The predicted molar refractivity (Wildman–Crippen MR) is 61.0 cm³/mol. The number of amides is 1. The molecule has 0 aliphatic rings. The zero-order chi connectivity index (χ0) is 13.1. The molecule has 1 heterocycles. The molecule has 2 aromatic rings. The molecule has 18 heavy (non-hydrogen) atoms. The van der Waals surface area contributed by atoms with Crippen molar-refractivity contribution in [1.82, 2.24) is 10.2 Å². The van der Waals surface area contributed by atoms with Gasteiger partial charge in [-0.05, 0) is 18.2 Å². The number of nitrogens with one attached hydrogen (secondary N) is 2. The van der Waals surface area contributed by atoms with E-state index < -0.39 is 11.7 Å². The van der Waals surface area contributed by atoms with Crippen LogP contribution in [-0.4, -0.2) is 26.3 Å². The Morgan fingerprint density at radius 2 is 2.17 bits per heavy atom. The van der Waals surface area contributed by atoms with Crippen molar-refractivity contribution in [2.24, 2.45) is 0 Å². The molecule has 0 unspecified atom stereocenters. The Morgan fingerprint density at radius 3 is 2.83 bits per heavy atom. The van der Waals surface area contributed by atoms with Gasteiger partial charge >= 0.3 is 0 Å². The van der Waals surface area contributed by atoms with Gasteiger partial charge in [0.15, 0.2) is 11.5 Å². The molecule has 90 valence electrons. The number of carbonyl (C=O) groups is 1. The normalized spacial score (nSPS) is 9.72. The molecule has 1 aromatic carbocycles. The van der Waals surface area contributed by atoms with Crippen LogP contribution in [0.3, 0.4) is 0 Å². The van der Waals surface area contributed by atoms with E-state index >= 15 is 0 Å². The highest BCUT2D eigenvalue weighted by molar-refractivity contribution is 6.04. The first-order valence-corrected chi connectivity index (χ1v) is 4.88. The molecule has 1 aromatic heterocycles. The van der Waals surface area contributed by atoms with Gasteiger partial charge in [0.25, 0.3) is 5.91 Å². The van der Waals surface area contributed by atoms with Crippen LogP contribution < -0.4 is 5.32 Å². The average Bonchev–Trinajstić information content (AvgIpc) is 2.79. The molecule has 7 nitrogen and oxygen atoms in total. The number of nitrogens with zero attached hydrogens (tertiary/aromatic N) is 2. The summed E-state index contributed by atoms with van der Waals surface area (Å²) in [6.45, 7) is 0. The van der Waals surface area contributed by atoms with Crippen LogP contribution >= 0.6 is 0 Å². The Kier molecular flexibility index (Phi) is 2.85. The molecule has 4 N–H and O–H groups in total. The van der Waals surface area contributed by atoms with Gasteiger partial charge in [0.1, 0.15) is 17.5 Å². The number of carbonyl (C=O) groups excluding carboxylic acids is 1. The van der Waals surface area contributed by atoms with Gasteiger partial charge in [0.05, 0.1) is 6.20 Å². The van der Waals surface area contributed by atoms with E-state index in [1.807, 2.05) is 6.07 Å². The second-order valence-electron chi connectivity index (χ2n) is 3.43. The lowest BCUT2D eigenvalue weighted by Gasteiger charge is -2.04. The molecule has 0 radical (unpaired) electrons. The number of phenols is 2. The van der Waals surface area contributed by atoms with Crippen molar-refractivity contribution < 1.29 is 15.0 Å². The number of aromatic nitrogens is 2. The lowest BCUT2D eigenvalue weighted by Crippen LogP contribution is -2.12. The lowest BCUT2D eigenvalue weighted by molar-refractivity contribution is 0.102. The van der Waals surface area contributed by atoms with E-state index in [2.05, 4.69) is 15.5 Å². The molecule has 0 saturated heterocycles. The summed E-state index contributed by atoms with van der Waals surface area (Å²) < 4.78 is 0. The molecule has 0 saturated carbocycles. The van der Waals surface area contributed by atoms with E-state index in [4.69, 9.17) is 10.4 Å². The summed E-state index contributed by atoms with van der Waals surface area (Å²) >= 11 is 0. The van der Waals surface area contributed by atoms with Gasteiger partial charge in [0, 0.05) is 5.56 Å². The van der Waals surface area contributed by atoms with Crippen molar-refractivity contribution in [3.63, 3.8) is 0 Å². The van der Waals surface area contributed by atoms with Crippen LogP contribution in [0.2, 0.25) is 0 Å². The summed E-state index contributed by atoms with van der Waals surface area (Å²) in [5.41, 5.74) is 0.343. The van der Waals surface area contributed by atoms with E-state index in [-0.39, 0.29) is 22.7 Å². The third-order valence-electron chi connectivity index (χ3n) is 2.24. The van der Waals surface area contributed by atoms with Crippen molar-refractivity contribution in [3.05, 3.63) is 35.5 Å². The van der Waals surface area contributed by atoms with Crippen LogP contribution in [-0.2, 0) is 0 Å². The van der Waals surface area contributed by atoms with Gasteiger partial charge in [-0.2, -0.15) is 10.4 Å². The molecule has 0 spiro atoms. The van der Waals surface area contributed by atoms with E-state index in [0.717, 1.165) is 6.07 Å². The molecule has 0 fully saturated rings. The molecule has 2 rings (SSSR count). The van der Waals surface area contributed by atoms with Crippen molar-refractivity contribution in [2.45, 2.75) is 0 Å². The monoisotopic (exact) mass is 244 g/mol. The van der Waals surface area contributed by atoms with Crippen molar-refractivity contribution in [1.29, 1.82) is 5.26 Å². The van der Waals surface area contributed by atoms with Crippen LogP contribution in [0.25, 0.3) is 0 Å². The van der Waals surface area contributed by atoms with Crippen LogP contribution in [0.4, 0.5) is 5.82 Å². The highest BCUT2D eigenvalue weighted by Crippen LogP contribution is 2.25. The first-order chi connectivity index (χ1) is 8.61. The highest BCUT2D eigenvalue weighted by Gasteiger charge is 2.12. The number of hydrogen-bond acceptors (Lipinski definition) is 5. The Bertz CT molecular complexity index is 642. The van der Waals surface area contributed by atoms with Gasteiger partial charge in [-0.25, -0.2) is 0 Å². The number of aromatic amines is 1. The van der Waals surface area contributed by atoms with E-state index in [1.54, 1.807) is 0 Å². The fourth-order valence-corrected chi connectivity index (χ4v) is 1.32. The third-order valence-corrected chi connectivity index (χ3v) is 2.24. The standard InChI is InChI=1S/C11H8N4O3/c12-4-7-5-13-15-10(7)14-11(18)6-1-2-8(16)9(17)3-6/h1-3,5,16-17H,(H2,13,14,15,18). The van der Waals surface area contributed by atoms with Gasteiger partial charge in [-0.1, -0.05) is 0 Å². The SMILES string of the molecule is N#Cc1cn[nH]c1NC(=O)c1ccc(O)c(O)c1. The smallest absolute Gasteiger partial charge is 0.256 e. The number of benzene rings is 1. The van der Waals surface area contributed by atoms with Gasteiger partial charge < -0.3 is 15.5 Å². The number of phenolic OH excluding ortho intramolecular Hbond substituents is 2. The first kappa shape index (κ1) is 11.5. The maximum Gasteiger partial charge on any atom is 0.256 e. The van der Waals surface area contributed by atoms with Crippen LogP contribution in [0.15, 0.2) is 24.4 Å². The quantitative estimate of drug-likeness (QED) is 0.585. The second kappa shape index (κ2) is 4.47. The summed E-state index contributed by atoms with van der Waals surface area (Å²) in [5, 5.41) is 35.7. The molecule has 0 aliphatic heterocycles. The van der Waals surface area contributed by atoms with E-state index in [1.165, 1.54) is 18.3 Å². The van der Waals surface area contributed by atoms with Gasteiger partial charge in [0.2, 0.25) is 0 Å². The van der Waals surface area contributed by atoms with E-state index in [0.29, 0.717) is 0 Å². The Labute approximate surface area is 101 Å². The molecule has 0 bridgehead atoms. The van der Waals surface area contributed by atoms with E-state index in [9.17, 15) is 9.90 Å². The fourth-order valence-electron chi connectivity index (χ4n) is 1.32. The minimum Gasteiger partial charge on any atom is -0.504 e. The molecular formula is C11H8N4O3. The number of anilines is 1. The maximum atomic E-state index is 11.8. The Balaban J connectivity index is 2.23. The predicted octanol–water partition coefficient (Wildman–Crippen LogP) is 0.945. The minimum atomic E-state index is -0.536. The molecule has 0 aliphatic carbocycles.